The highest BCUT2D eigenvalue weighted by atomic mass is 35.5. The number of aromatic nitrogens is 1. The molecular formula is C16H17ClN2O3. The Morgan fingerprint density at radius 1 is 1.27 bits per heavy atom. The van der Waals surface area contributed by atoms with Gasteiger partial charge in [0.2, 0.25) is 0 Å². The second-order valence-corrected chi connectivity index (χ2v) is 6.25. The normalized spacial score (nSPS) is 16.8. The molecule has 0 radical (unpaired) electrons. The van der Waals surface area contributed by atoms with Gasteiger partial charge in [-0.05, 0) is 18.9 Å². The van der Waals surface area contributed by atoms with Crippen LogP contribution < -0.4 is 5.32 Å². The third kappa shape index (κ3) is 2.68. The van der Waals surface area contributed by atoms with Gasteiger partial charge in [-0.1, -0.05) is 42.6 Å². The molecule has 1 aromatic carbocycles. The third-order valence-corrected chi connectivity index (χ3v) is 4.69. The monoisotopic (exact) mass is 320 g/mol. The van der Waals surface area contributed by atoms with Gasteiger partial charge in [0, 0.05) is 10.9 Å². The molecule has 1 amide bonds. The number of hydrogen-bond acceptors (Lipinski definition) is 2. The summed E-state index contributed by atoms with van der Waals surface area (Å²) in [6.07, 6.45) is 3.16. The van der Waals surface area contributed by atoms with Gasteiger partial charge in [-0.25, -0.2) is 0 Å². The van der Waals surface area contributed by atoms with Crippen LogP contribution >= 0.6 is 11.6 Å². The molecule has 0 unspecified atom stereocenters. The number of carboxylic acids is 1. The highest BCUT2D eigenvalue weighted by molar-refractivity contribution is 6.38. The first-order valence-corrected chi connectivity index (χ1v) is 7.69. The molecule has 1 aromatic heterocycles. The summed E-state index contributed by atoms with van der Waals surface area (Å²) in [5, 5.41) is 13.2. The van der Waals surface area contributed by atoms with E-state index in [0.29, 0.717) is 23.6 Å². The Hall–Kier alpha value is -2.01. The van der Waals surface area contributed by atoms with E-state index in [1.165, 1.54) is 0 Å². The highest BCUT2D eigenvalue weighted by Crippen LogP contribution is 2.34. The van der Waals surface area contributed by atoms with Crippen LogP contribution in [0.4, 0.5) is 0 Å². The van der Waals surface area contributed by atoms with E-state index in [1.807, 2.05) is 24.3 Å². The first-order valence-electron chi connectivity index (χ1n) is 7.31. The van der Waals surface area contributed by atoms with Crippen LogP contribution in [-0.2, 0) is 4.79 Å². The SMILES string of the molecule is O=C(O)CC1(NC(=O)c2[nH]c3ccccc3c2Cl)CCCC1. The van der Waals surface area contributed by atoms with Crippen LogP contribution in [-0.4, -0.2) is 27.5 Å². The average molecular weight is 321 g/mol. The van der Waals surface area contributed by atoms with Crippen molar-refractivity contribution >= 4 is 34.4 Å². The standard InChI is InChI=1S/C16H17ClN2O3/c17-13-10-5-1-2-6-11(10)18-14(13)15(22)19-16(9-12(20)21)7-3-4-8-16/h1-2,5-6,18H,3-4,7-9H2,(H,19,22)(H,20,21). The molecule has 1 saturated carbocycles. The minimum atomic E-state index is -0.898. The Morgan fingerprint density at radius 2 is 1.95 bits per heavy atom. The molecule has 3 rings (SSSR count). The van der Waals surface area contributed by atoms with Crippen LogP contribution in [0.1, 0.15) is 42.6 Å². The maximum Gasteiger partial charge on any atom is 0.305 e. The number of amides is 1. The van der Waals surface area contributed by atoms with Gasteiger partial charge in [0.15, 0.2) is 0 Å². The number of carbonyl (C=O) groups is 2. The summed E-state index contributed by atoms with van der Waals surface area (Å²) in [5.74, 6) is -1.24. The number of carboxylic acid groups (broad SMARTS) is 1. The number of rotatable bonds is 4. The van der Waals surface area contributed by atoms with Crippen molar-refractivity contribution in [3.63, 3.8) is 0 Å². The maximum absolute atomic E-state index is 12.6. The Morgan fingerprint density at radius 3 is 2.59 bits per heavy atom. The predicted octanol–water partition coefficient (Wildman–Crippen LogP) is 3.34. The Labute approximate surface area is 132 Å². The molecule has 0 bridgehead atoms. The van der Waals surface area contributed by atoms with Crippen molar-refractivity contribution in [1.29, 1.82) is 0 Å². The number of aromatic amines is 1. The zero-order valence-corrected chi connectivity index (χ0v) is 12.7. The van der Waals surface area contributed by atoms with E-state index in [4.69, 9.17) is 16.7 Å². The summed E-state index contributed by atoms with van der Waals surface area (Å²) in [5.41, 5.74) is 0.416. The quantitative estimate of drug-likeness (QED) is 0.808. The summed E-state index contributed by atoms with van der Waals surface area (Å²) < 4.78 is 0. The molecule has 6 heteroatoms. The maximum atomic E-state index is 12.6. The van der Waals surface area contributed by atoms with E-state index in [0.717, 1.165) is 23.7 Å². The minimum Gasteiger partial charge on any atom is -0.481 e. The van der Waals surface area contributed by atoms with Crippen LogP contribution in [0.3, 0.4) is 0 Å². The largest absolute Gasteiger partial charge is 0.481 e. The molecule has 3 N–H and O–H groups in total. The Kier molecular flexibility index (Phi) is 3.83. The second kappa shape index (κ2) is 5.65. The number of para-hydroxylation sites is 1. The summed E-state index contributed by atoms with van der Waals surface area (Å²) in [4.78, 5) is 26.7. The lowest BCUT2D eigenvalue weighted by Crippen LogP contribution is -2.48. The molecule has 116 valence electrons. The van der Waals surface area contributed by atoms with Gasteiger partial charge in [-0.15, -0.1) is 0 Å². The average Bonchev–Trinajstić information content (AvgIpc) is 3.04. The molecule has 22 heavy (non-hydrogen) atoms. The zero-order valence-electron chi connectivity index (χ0n) is 12.0. The summed E-state index contributed by atoms with van der Waals surface area (Å²) in [6.45, 7) is 0. The number of nitrogens with one attached hydrogen (secondary N) is 2. The number of fused-ring (bicyclic) bond motifs is 1. The summed E-state index contributed by atoms with van der Waals surface area (Å²) in [7, 11) is 0. The van der Waals surface area contributed by atoms with Gasteiger partial charge in [0.1, 0.15) is 5.69 Å². The smallest absolute Gasteiger partial charge is 0.305 e. The number of hydrogen-bond donors (Lipinski definition) is 3. The first-order chi connectivity index (χ1) is 10.5. The van der Waals surface area contributed by atoms with E-state index < -0.39 is 11.5 Å². The van der Waals surface area contributed by atoms with Crippen LogP contribution in [0.15, 0.2) is 24.3 Å². The van der Waals surface area contributed by atoms with Crippen LogP contribution in [0.5, 0.6) is 0 Å². The van der Waals surface area contributed by atoms with Gasteiger partial charge < -0.3 is 15.4 Å². The fraction of sp³-hybridized carbons (Fsp3) is 0.375. The van der Waals surface area contributed by atoms with Gasteiger partial charge in [0.25, 0.3) is 5.91 Å². The van der Waals surface area contributed by atoms with Gasteiger partial charge in [0.05, 0.1) is 17.0 Å². The van der Waals surface area contributed by atoms with Crippen molar-refractivity contribution < 1.29 is 14.7 Å². The lowest BCUT2D eigenvalue weighted by atomic mass is 9.93. The highest BCUT2D eigenvalue weighted by Gasteiger charge is 2.38. The molecular weight excluding hydrogens is 304 g/mol. The van der Waals surface area contributed by atoms with Crippen LogP contribution in [0, 0.1) is 0 Å². The van der Waals surface area contributed by atoms with E-state index in [2.05, 4.69) is 10.3 Å². The minimum absolute atomic E-state index is 0.0589. The number of aliphatic carboxylic acids is 1. The summed E-state index contributed by atoms with van der Waals surface area (Å²) in [6, 6.07) is 7.40. The van der Waals surface area contributed by atoms with Crippen molar-refractivity contribution in [3.8, 4) is 0 Å². The van der Waals surface area contributed by atoms with Crippen molar-refractivity contribution in [2.45, 2.75) is 37.6 Å². The molecule has 1 fully saturated rings. The first kappa shape index (κ1) is 14.9. The van der Waals surface area contributed by atoms with Crippen molar-refractivity contribution in [2.24, 2.45) is 0 Å². The van der Waals surface area contributed by atoms with Gasteiger partial charge >= 0.3 is 5.97 Å². The molecule has 0 saturated heterocycles. The van der Waals surface area contributed by atoms with E-state index in [1.54, 1.807) is 0 Å². The fourth-order valence-corrected chi connectivity index (χ4v) is 3.55. The molecule has 0 spiro atoms. The molecule has 2 aromatic rings. The van der Waals surface area contributed by atoms with Crippen molar-refractivity contribution in [3.05, 3.63) is 35.0 Å². The number of carbonyl (C=O) groups excluding carboxylic acids is 1. The molecule has 1 aliphatic carbocycles. The molecule has 1 aliphatic rings. The molecule has 5 nitrogen and oxygen atoms in total. The van der Waals surface area contributed by atoms with E-state index in [9.17, 15) is 9.59 Å². The van der Waals surface area contributed by atoms with Crippen molar-refractivity contribution in [1.82, 2.24) is 10.3 Å². The Balaban J connectivity index is 1.89. The molecule has 0 aliphatic heterocycles. The predicted molar refractivity (Wildman–Crippen MR) is 84.2 cm³/mol. The number of halogens is 1. The van der Waals surface area contributed by atoms with Gasteiger partial charge in [-0.2, -0.15) is 0 Å². The van der Waals surface area contributed by atoms with Crippen molar-refractivity contribution in [2.75, 3.05) is 0 Å². The molecule has 0 atom stereocenters. The van der Waals surface area contributed by atoms with E-state index in [-0.39, 0.29) is 12.3 Å². The number of benzene rings is 1. The zero-order chi connectivity index (χ0) is 15.7. The lowest BCUT2D eigenvalue weighted by molar-refractivity contribution is -0.138. The molecule has 1 heterocycles. The summed E-state index contributed by atoms with van der Waals surface area (Å²) >= 11 is 6.28. The lowest BCUT2D eigenvalue weighted by Gasteiger charge is -2.28. The van der Waals surface area contributed by atoms with Crippen LogP contribution in [0.2, 0.25) is 5.02 Å². The Bertz CT molecular complexity index is 732. The number of H-pyrrole nitrogens is 1. The van der Waals surface area contributed by atoms with E-state index >= 15 is 0 Å². The van der Waals surface area contributed by atoms with Crippen LogP contribution in [0.25, 0.3) is 10.9 Å². The fourth-order valence-electron chi connectivity index (χ4n) is 3.25. The second-order valence-electron chi connectivity index (χ2n) is 5.87. The van der Waals surface area contributed by atoms with Gasteiger partial charge in [-0.3, -0.25) is 9.59 Å². The third-order valence-electron chi connectivity index (χ3n) is 4.30. The topological polar surface area (TPSA) is 82.2 Å².